The zero-order chi connectivity index (χ0) is 26.9. The van der Waals surface area contributed by atoms with Crippen LogP contribution in [0.15, 0.2) is 47.1 Å². The van der Waals surface area contributed by atoms with Crippen molar-refractivity contribution in [3.05, 3.63) is 69.8 Å². The lowest BCUT2D eigenvalue weighted by atomic mass is 10.0. The first-order valence-corrected chi connectivity index (χ1v) is 11.7. The Labute approximate surface area is 215 Å². The van der Waals surface area contributed by atoms with Crippen LogP contribution < -0.4 is 10.2 Å². The molecule has 1 amide bonds. The lowest BCUT2D eigenvalue weighted by molar-refractivity contribution is -0.167. The fraction of sp³-hybridized carbons (Fsp3) is 0.292. The van der Waals surface area contributed by atoms with Gasteiger partial charge in [0, 0.05) is 34.7 Å². The highest BCUT2D eigenvalue weighted by atomic mass is 79.9. The molecule has 2 atom stereocenters. The van der Waals surface area contributed by atoms with E-state index in [1.165, 1.54) is 0 Å². The van der Waals surface area contributed by atoms with Crippen LogP contribution in [0, 0.1) is 11.6 Å². The number of nitrogens with one attached hydrogen (secondary N) is 1. The van der Waals surface area contributed by atoms with E-state index in [-0.39, 0.29) is 19.6 Å². The normalized spacial score (nSPS) is 17.0. The van der Waals surface area contributed by atoms with E-state index in [1.54, 1.807) is 30.5 Å². The predicted octanol–water partition coefficient (Wildman–Crippen LogP) is 4.47. The summed E-state index contributed by atoms with van der Waals surface area (Å²) in [6.45, 7) is -1.07. The molecule has 37 heavy (non-hydrogen) atoms. The minimum atomic E-state index is -4.72. The molecule has 0 radical (unpaired) electrons. The highest BCUT2D eigenvalue weighted by Crippen LogP contribution is 2.33. The number of rotatable bonds is 6. The number of anilines is 1. The Balaban J connectivity index is 1.59. The summed E-state index contributed by atoms with van der Waals surface area (Å²) < 4.78 is 75.4. The average Bonchev–Trinajstić information content (AvgIpc) is 2.84. The van der Waals surface area contributed by atoms with E-state index < -0.39 is 59.6 Å². The Kier molecular flexibility index (Phi) is 7.64. The maximum absolute atomic E-state index is 14.9. The monoisotopic (exact) mass is 587 g/mol. The quantitative estimate of drug-likeness (QED) is 0.414. The van der Waals surface area contributed by atoms with Gasteiger partial charge in [-0.15, -0.1) is 0 Å². The number of amides is 1. The lowest BCUT2D eigenvalue weighted by Crippen LogP contribution is -2.53. The number of fused-ring (bicyclic) bond motifs is 1. The lowest BCUT2D eigenvalue weighted by Gasteiger charge is -2.38. The standard InChI is InChI=1S/C24H19BrF5N3O4/c25-15-4-3-12(14-2-1-5-31-21(14)15)8-18(23(35)36)32-22(34)20-16(26)9-13(10-17(20)27)33-6-7-37-11-19(33)24(28,29)30/h1-5,9-10,18-19H,6-8,11H2,(H,32,34)(H,35,36)/t18-,19+/m0/s1. The number of nitrogens with zero attached hydrogens (tertiary/aromatic N) is 2. The first kappa shape index (κ1) is 26.7. The van der Waals surface area contributed by atoms with Crippen LogP contribution in [-0.2, 0) is 16.0 Å². The molecule has 1 fully saturated rings. The third-order valence-electron chi connectivity index (χ3n) is 5.93. The molecule has 2 N–H and O–H groups in total. The molecule has 196 valence electrons. The van der Waals surface area contributed by atoms with Crippen LogP contribution in [0.4, 0.5) is 27.6 Å². The highest BCUT2D eigenvalue weighted by Gasteiger charge is 2.45. The predicted molar refractivity (Wildman–Crippen MR) is 126 cm³/mol. The van der Waals surface area contributed by atoms with Gasteiger partial charge in [-0.3, -0.25) is 9.78 Å². The summed E-state index contributed by atoms with van der Waals surface area (Å²) in [7, 11) is 0. The molecular weight excluding hydrogens is 569 g/mol. The summed E-state index contributed by atoms with van der Waals surface area (Å²) in [5.41, 5.74) is -0.445. The summed E-state index contributed by atoms with van der Waals surface area (Å²) >= 11 is 3.36. The second-order valence-corrected chi connectivity index (χ2v) is 9.14. The number of hydrogen-bond acceptors (Lipinski definition) is 5. The molecule has 0 bridgehead atoms. The van der Waals surface area contributed by atoms with Crippen LogP contribution in [0.2, 0.25) is 0 Å². The van der Waals surface area contributed by atoms with E-state index in [2.05, 4.69) is 26.2 Å². The van der Waals surface area contributed by atoms with Crippen molar-refractivity contribution in [2.24, 2.45) is 0 Å². The third kappa shape index (κ3) is 5.67. The van der Waals surface area contributed by atoms with Gasteiger partial charge in [0.05, 0.1) is 18.7 Å². The average molecular weight is 588 g/mol. The fourth-order valence-corrected chi connectivity index (χ4v) is 4.60. The smallest absolute Gasteiger partial charge is 0.411 e. The second-order valence-electron chi connectivity index (χ2n) is 8.28. The van der Waals surface area contributed by atoms with Crippen molar-refractivity contribution in [1.82, 2.24) is 10.3 Å². The summed E-state index contributed by atoms with van der Waals surface area (Å²) in [6, 6.07) is 4.19. The van der Waals surface area contributed by atoms with Crippen LogP contribution >= 0.6 is 15.9 Å². The molecule has 1 aliphatic heterocycles. The van der Waals surface area contributed by atoms with Gasteiger partial charge in [-0.25, -0.2) is 13.6 Å². The minimum absolute atomic E-state index is 0.0847. The first-order chi connectivity index (χ1) is 17.5. The maximum atomic E-state index is 14.9. The zero-order valence-electron chi connectivity index (χ0n) is 18.9. The Morgan fingerprint density at radius 3 is 2.57 bits per heavy atom. The topological polar surface area (TPSA) is 91.8 Å². The molecule has 2 heterocycles. The maximum Gasteiger partial charge on any atom is 0.411 e. The Bertz CT molecular complexity index is 1330. The van der Waals surface area contributed by atoms with Crippen molar-refractivity contribution in [3.8, 4) is 0 Å². The highest BCUT2D eigenvalue weighted by molar-refractivity contribution is 9.10. The molecule has 1 saturated heterocycles. The number of carbonyl (C=O) groups is 2. The van der Waals surface area contributed by atoms with Crippen molar-refractivity contribution >= 4 is 44.4 Å². The zero-order valence-corrected chi connectivity index (χ0v) is 20.4. The van der Waals surface area contributed by atoms with E-state index in [4.69, 9.17) is 4.74 Å². The number of carboxylic acid groups (broad SMARTS) is 1. The third-order valence-corrected chi connectivity index (χ3v) is 6.57. The van der Waals surface area contributed by atoms with E-state index >= 15 is 0 Å². The van der Waals surface area contributed by atoms with Crippen LogP contribution in [0.25, 0.3) is 10.9 Å². The first-order valence-electron chi connectivity index (χ1n) is 10.9. The molecule has 0 unspecified atom stereocenters. The van der Waals surface area contributed by atoms with Gasteiger partial charge in [-0.2, -0.15) is 13.2 Å². The van der Waals surface area contributed by atoms with E-state index in [0.717, 1.165) is 4.90 Å². The Morgan fingerprint density at radius 1 is 1.22 bits per heavy atom. The van der Waals surface area contributed by atoms with Crippen molar-refractivity contribution in [2.75, 3.05) is 24.7 Å². The number of ether oxygens (including phenoxy) is 1. The van der Waals surface area contributed by atoms with Gasteiger partial charge in [0.15, 0.2) is 0 Å². The van der Waals surface area contributed by atoms with Crippen LogP contribution in [0.1, 0.15) is 15.9 Å². The SMILES string of the molecule is O=C(N[C@@H](Cc1ccc(Br)c2ncccc12)C(=O)O)c1c(F)cc(N2CCOC[C@@H]2C(F)(F)F)cc1F. The number of halogens is 6. The molecular formula is C24H19BrF5N3O4. The Hall–Kier alpha value is -3.32. The molecule has 13 heteroatoms. The number of hydrogen-bond donors (Lipinski definition) is 2. The number of benzene rings is 2. The van der Waals surface area contributed by atoms with Crippen molar-refractivity contribution < 1.29 is 41.4 Å². The largest absolute Gasteiger partial charge is 0.480 e. The van der Waals surface area contributed by atoms with E-state index in [9.17, 15) is 36.6 Å². The van der Waals surface area contributed by atoms with Crippen LogP contribution in [0.5, 0.6) is 0 Å². The van der Waals surface area contributed by atoms with Crippen molar-refractivity contribution in [3.63, 3.8) is 0 Å². The second kappa shape index (κ2) is 10.6. The van der Waals surface area contributed by atoms with Gasteiger partial charge in [0.2, 0.25) is 0 Å². The van der Waals surface area contributed by atoms with Crippen LogP contribution in [-0.4, -0.2) is 60.0 Å². The molecule has 3 aromatic rings. The van der Waals surface area contributed by atoms with E-state index in [1.807, 2.05) is 0 Å². The molecule has 7 nitrogen and oxygen atoms in total. The number of alkyl halides is 3. The van der Waals surface area contributed by atoms with E-state index in [0.29, 0.717) is 33.1 Å². The number of aliphatic carboxylic acids is 1. The minimum Gasteiger partial charge on any atom is -0.480 e. The molecule has 2 aromatic carbocycles. The number of aromatic nitrogens is 1. The number of carboxylic acids is 1. The van der Waals surface area contributed by atoms with Gasteiger partial charge in [0.1, 0.15) is 29.3 Å². The Morgan fingerprint density at radius 2 is 1.92 bits per heavy atom. The summed E-state index contributed by atoms with van der Waals surface area (Å²) in [6.07, 6.45) is -3.39. The van der Waals surface area contributed by atoms with Crippen molar-refractivity contribution in [1.29, 1.82) is 0 Å². The van der Waals surface area contributed by atoms with Gasteiger partial charge in [-0.05, 0) is 45.8 Å². The summed E-state index contributed by atoms with van der Waals surface area (Å²) in [5, 5.41) is 12.4. The summed E-state index contributed by atoms with van der Waals surface area (Å²) in [5.74, 6) is -5.67. The molecule has 0 saturated carbocycles. The molecule has 1 aromatic heterocycles. The molecule has 0 spiro atoms. The number of morpholine rings is 1. The van der Waals surface area contributed by atoms with Gasteiger partial charge in [0.25, 0.3) is 5.91 Å². The fourth-order valence-electron chi connectivity index (χ4n) is 4.15. The number of pyridine rings is 1. The van der Waals surface area contributed by atoms with Gasteiger partial charge in [-0.1, -0.05) is 12.1 Å². The molecule has 0 aliphatic carbocycles. The van der Waals surface area contributed by atoms with Gasteiger partial charge < -0.3 is 20.1 Å². The molecule has 4 rings (SSSR count). The molecule has 1 aliphatic rings. The van der Waals surface area contributed by atoms with Crippen LogP contribution in [0.3, 0.4) is 0 Å². The van der Waals surface area contributed by atoms with Crippen molar-refractivity contribution in [2.45, 2.75) is 24.7 Å². The van der Waals surface area contributed by atoms with Gasteiger partial charge >= 0.3 is 12.1 Å². The number of carbonyl (C=O) groups excluding carboxylic acids is 1. The summed E-state index contributed by atoms with van der Waals surface area (Å²) in [4.78, 5) is 29.6.